The van der Waals surface area contributed by atoms with Crippen molar-refractivity contribution in [1.29, 1.82) is 0 Å². The number of unbranched alkanes of at least 4 members (excludes halogenated alkanes) is 2. The number of carbonyl (C=O) groups excluding carboxylic acids is 2. The molecule has 0 radical (unpaired) electrons. The zero-order valence-electron chi connectivity index (χ0n) is 18.4. The highest BCUT2D eigenvalue weighted by atomic mass is 35.5. The van der Waals surface area contributed by atoms with Gasteiger partial charge in [0.1, 0.15) is 4.34 Å². The summed E-state index contributed by atoms with van der Waals surface area (Å²) >= 11 is 7.22. The second kappa shape index (κ2) is 12.4. The Morgan fingerprint density at radius 3 is 2.34 bits per heavy atom. The third-order valence-electron chi connectivity index (χ3n) is 6.39. The van der Waals surface area contributed by atoms with Crippen LogP contribution < -0.4 is 5.32 Å². The van der Waals surface area contributed by atoms with E-state index < -0.39 is 5.97 Å². The third-order valence-corrected chi connectivity index (χ3v) is 7.42. The summed E-state index contributed by atoms with van der Waals surface area (Å²) in [7, 11) is 0. The molecule has 1 saturated heterocycles. The molecule has 3 rings (SSSR count). The van der Waals surface area contributed by atoms with Crippen LogP contribution in [0.15, 0.2) is 6.20 Å². The second-order valence-corrected chi connectivity index (χ2v) is 10.3. The van der Waals surface area contributed by atoms with Gasteiger partial charge in [-0.05, 0) is 38.5 Å². The minimum atomic E-state index is -0.789. The summed E-state index contributed by atoms with van der Waals surface area (Å²) in [5, 5.41) is 12.1. The van der Waals surface area contributed by atoms with Crippen LogP contribution >= 0.6 is 22.9 Å². The lowest BCUT2D eigenvalue weighted by molar-refractivity contribution is -0.137. The number of halogens is 1. The zero-order valence-corrected chi connectivity index (χ0v) is 20.0. The van der Waals surface area contributed by atoms with Crippen LogP contribution in [-0.4, -0.2) is 63.0 Å². The van der Waals surface area contributed by atoms with Gasteiger partial charge >= 0.3 is 12.0 Å². The predicted octanol–water partition coefficient (Wildman–Crippen LogP) is 4.99. The number of nitrogens with one attached hydrogen (secondary N) is 1. The number of carbonyl (C=O) groups is 3. The van der Waals surface area contributed by atoms with Gasteiger partial charge in [0.25, 0.3) is 0 Å². The molecule has 0 aromatic carbocycles. The van der Waals surface area contributed by atoms with Crippen LogP contribution in [0.5, 0.6) is 0 Å². The van der Waals surface area contributed by atoms with Gasteiger partial charge in [0.15, 0.2) is 5.13 Å². The smallest absolute Gasteiger partial charge is 0.324 e. The summed E-state index contributed by atoms with van der Waals surface area (Å²) in [6, 6.07) is 0.208. The van der Waals surface area contributed by atoms with E-state index in [9.17, 15) is 14.4 Å². The molecular formula is C22H33ClN4O4S. The van der Waals surface area contributed by atoms with Crippen molar-refractivity contribution >= 4 is 46.0 Å². The number of carboxylic acid groups (broad SMARTS) is 1. The lowest BCUT2D eigenvalue weighted by Crippen LogP contribution is -2.54. The molecule has 2 aliphatic rings. The third kappa shape index (κ3) is 7.33. The van der Waals surface area contributed by atoms with Gasteiger partial charge in [0, 0.05) is 38.0 Å². The minimum absolute atomic E-state index is 0.105. The zero-order chi connectivity index (χ0) is 22.9. The maximum atomic E-state index is 13.2. The average Bonchev–Trinajstić information content (AvgIpc) is 3.19. The minimum Gasteiger partial charge on any atom is -0.481 e. The molecule has 0 bridgehead atoms. The molecule has 1 aromatic heterocycles. The topological polar surface area (TPSA) is 103 Å². The molecule has 0 atom stereocenters. The Labute approximate surface area is 198 Å². The van der Waals surface area contributed by atoms with Crippen LogP contribution in [0.2, 0.25) is 4.34 Å². The number of piperidine rings is 1. The van der Waals surface area contributed by atoms with E-state index in [0.29, 0.717) is 35.4 Å². The van der Waals surface area contributed by atoms with Crippen LogP contribution in [0.4, 0.5) is 9.93 Å². The Balaban J connectivity index is 1.52. The Morgan fingerprint density at radius 2 is 1.72 bits per heavy atom. The van der Waals surface area contributed by atoms with Crippen LogP contribution in [0, 0.1) is 0 Å². The first kappa shape index (κ1) is 24.8. The largest absolute Gasteiger partial charge is 0.481 e. The highest BCUT2D eigenvalue weighted by Gasteiger charge is 2.35. The number of anilines is 1. The van der Waals surface area contributed by atoms with Crippen molar-refractivity contribution in [2.75, 3.05) is 18.4 Å². The van der Waals surface area contributed by atoms with Crippen LogP contribution in [0.3, 0.4) is 0 Å². The monoisotopic (exact) mass is 484 g/mol. The Kier molecular flexibility index (Phi) is 9.59. The Hall–Kier alpha value is -1.87. The highest BCUT2D eigenvalue weighted by molar-refractivity contribution is 7.19. The fourth-order valence-electron chi connectivity index (χ4n) is 4.74. The average molecular weight is 485 g/mol. The van der Waals surface area contributed by atoms with Gasteiger partial charge in [-0.2, -0.15) is 0 Å². The first-order chi connectivity index (χ1) is 15.4. The number of thiazole rings is 1. The molecule has 10 heteroatoms. The van der Waals surface area contributed by atoms with Gasteiger partial charge in [-0.1, -0.05) is 48.6 Å². The van der Waals surface area contributed by atoms with Crippen molar-refractivity contribution < 1.29 is 19.5 Å². The summed E-state index contributed by atoms with van der Waals surface area (Å²) in [4.78, 5) is 44.4. The number of likely N-dealkylation sites (tertiary alicyclic amines) is 1. The summed E-state index contributed by atoms with van der Waals surface area (Å²) in [6.07, 6.45) is 11.3. The number of hydrogen-bond acceptors (Lipinski definition) is 5. The molecule has 3 amide bonds. The number of carboxylic acids is 1. The van der Waals surface area contributed by atoms with E-state index in [0.717, 1.165) is 51.4 Å². The summed E-state index contributed by atoms with van der Waals surface area (Å²) in [6.45, 7) is 1.30. The molecular weight excluding hydrogens is 452 g/mol. The van der Waals surface area contributed by atoms with E-state index in [1.54, 1.807) is 6.20 Å². The summed E-state index contributed by atoms with van der Waals surface area (Å²) in [5.74, 6) is -0.659. The number of aliphatic carboxylic acids is 1. The number of nitrogens with zero attached hydrogens (tertiary/aromatic N) is 3. The molecule has 0 spiro atoms. The fourth-order valence-corrected chi connectivity index (χ4v) is 5.54. The molecule has 1 aromatic rings. The fraction of sp³-hybridized carbons (Fsp3) is 0.727. The standard InChI is InChI=1S/C22H33ClN4O4S/c23-18-15-24-21(32-18)25-22(31)27(16-7-3-1-4-8-16)17-11-13-26(14-12-17)19(28)9-5-2-6-10-20(29)30/h15-17H,1-14H2,(H,29,30)(H,24,25,31). The number of urea groups is 1. The molecule has 2 heterocycles. The van der Waals surface area contributed by atoms with Crippen molar-refractivity contribution in [3.63, 3.8) is 0 Å². The van der Waals surface area contributed by atoms with Crippen LogP contribution in [-0.2, 0) is 9.59 Å². The van der Waals surface area contributed by atoms with Crippen LogP contribution in [0.1, 0.15) is 77.0 Å². The molecule has 1 saturated carbocycles. The number of hydrogen-bond donors (Lipinski definition) is 2. The molecule has 1 aliphatic carbocycles. The van der Waals surface area contributed by atoms with E-state index in [1.165, 1.54) is 17.8 Å². The van der Waals surface area contributed by atoms with Gasteiger partial charge in [0.2, 0.25) is 5.91 Å². The molecule has 1 aliphatic heterocycles. The molecule has 2 fully saturated rings. The van der Waals surface area contributed by atoms with E-state index in [-0.39, 0.29) is 30.4 Å². The molecule has 0 unspecified atom stereocenters. The van der Waals surface area contributed by atoms with Crippen LogP contribution in [0.25, 0.3) is 0 Å². The maximum absolute atomic E-state index is 13.2. The van der Waals surface area contributed by atoms with Crippen molar-refractivity contribution in [1.82, 2.24) is 14.8 Å². The summed E-state index contributed by atoms with van der Waals surface area (Å²) < 4.78 is 0.541. The number of amides is 3. The molecule has 178 valence electrons. The molecule has 8 nitrogen and oxygen atoms in total. The van der Waals surface area contributed by atoms with Crippen molar-refractivity contribution in [2.45, 2.75) is 89.1 Å². The normalized spacial score (nSPS) is 17.8. The lowest BCUT2D eigenvalue weighted by Gasteiger charge is -2.43. The SMILES string of the molecule is O=C(O)CCCCCC(=O)N1CCC(N(C(=O)Nc2ncc(Cl)s2)C2CCCCC2)CC1. The summed E-state index contributed by atoms with van der Waals surface area (Å²) in [5.41, 5.74) is 0. The van der Waals surface area contributed by atoms with Crippen molar-refractivity contribution in [3.05, 3.63) is 10.5 Å². The van der Waals surface area contributed by atoms with E-state index in [2.05, 4.69) is 10.3 Å². The predicted molar refractivity (Wildman–Crippen MR) is 125 cm³/mol. The molecule has 32 heavy (non-hydrogen) atoms. The Morgan fingerprint density at radius 1 is 1.06 bits per heavy atom. The van der Waals surface area contributed by atoms with Crippen molar-refractivity contribution in [3.8, 4) is 0 Å². The quantitative estimate of drug-likeness (QED) is 0.480. The maximum Gasteiger partial charge on any atom is 0.324 e. The first-order valence-electron chi connectivity index (χ1n) is 11.6. The van der Waals surface area contributed by atoms with Gasteiger partial charge in [-0.3, -0.25) is 14.9 Å². The van der Waals surface area contributed by atoms with E-state index in [4.69, 9.17) is 16.7 Å². The second-order valence-electron chi connectivity index (χ2n) is 8.67. The van der Waals surface area contributed by atoms with Gasteiger partial charge in [0.05, 0.1) is 6.20 Å². The Bertz CT molecular complexity index is 776. The number of aromatic nitrogens is 1. The number of rotatable bonds is 9. The van der Waals surface area contributed by atoms with Crippen molar-refractivity contribution in [2.24, 2.45) is 0 Å². The molecule has 2 N–H and O–H groups in total. The van der Waals surface area contributed by atoms with E-state index >= 15 is 0 Å². The van der Waals surface area contributed by atoms with Gasteiger partial charge in [-0.25, -0.2) is 9.78 Å². The van der Waals surface area contributed by atoms with Gasteiger partial charge < -0.3 is 14.9 Å². The first-order valence-corrected chi connectivity index (χ1v) is 12.8. The lowest BCUT2D eigenvalue weighted by atomic mass is 9.91. The van der Waals surface area contributed by atoms with Gasteiger partial charge in [-0.15, -0.1) is 0 Å². The highest BCUT2D eigenvalue weighted by Crippen LogP contribution is 2.30. The van der Waals surface area contributed by atoms with E-state index in [1.807, 2.05) is 9.80 Å².